The Hall–Kier alpha value is -3.45. The third-order valence-electron chi connectivity index (χ3n) is 4.43. The van der Waals surface area contributed by atoms with E-state index in [1.54, 1.807) is 24.4 Å². The SMILES string of the molecule is O=C(Nc1ccnc(Nc2ccc(N3CCOCC3)cc2)n1)c1ccccc1. The monoisotopic (exact) mass is 375 g/mol. The van der Waals surface area contributed by atoms with Crippen LogP contribution in [0.5, 0.6) is 0 Å². The first kappa shape index (κ1) is 17.9. The van der Waals surface area contributed by atoms with E-state index in [2.05, 4.69) is 37.6 Å². The average molecular weight is 375 g/mol. The number of ether oxygens (including phenoxy) is 1. The number of morpholine rings is 1. The molecule has 1 aliphatic heterocycles. The van der Waals surface area contributed by atoms with Crippen molar-refractivity contribution in [2.24, 2.45) is 0 Å². The first-order valence-corrected chi connectivity index (χ1v) is 9.17. The maximum absolute atomic E-state index is 12.3. The van der Waals surface area contributed by atoms with Gasteiger partial charge in [0.2, 0.25) is 5.95 Å². The number of anilines is 4. The van der Waals surface area contributed by atoms with Crippen LogP contribution in [0.3, 0.4) is 0 Å². The molecule has 0 aliphatic carbocycles. The van der Waals surface area contributed by atoms with Crippen LogP contribution in [-0.4, -0.2) is 42.2 Å². The number of benzene rings is 2. The molecule has 0 atom stereocenters. The maximum atomic E-state index is 12.3. The van der Waals surface area contributed by atoms with Crippen molar-refractivity contribution >= 4 is 29.0 Å². The highest BCUT2D eigenvalue weighted by Crippen LogP contribution is 2.21. The Labute approximate surface area is 163 Å². The summed E-state index contributed by atoms with van der Waals surface area (Å²) >= 11 is 0. The van der Waals surface area contributed by atoms with Crippen molar-refractivity contribution in [3.05, 3.63) is 72.4 Å². The van der Waals surface area contributed by atoms with Crippen LogP contribution in [0.1, 0.15) is 10.4 Å². The zero-order valence-corrected chi connectivity index (χ0v) is 15.3. The standard InChI is InChI=1S/C21H21N5O2/c27-20(16-4-2-1-3-5-16)24-19-10-11-22-21(25-19)23-17-6-8-18(9-7-17)26-12-14-28-15-13-26/h1-11H,12-15H2,(H2,22,23,24,25,27). The molecule has 1 amide bonds. The van der Waals surface area contributed by atoms with Gasteiger partial charge in [-0.15, -0.1) is 0 Å². The van der Waals surface area contributed by atoms with E-state index in [9.17, 15) is 4.79 Å². The van der Waals surface area contributed by atoms with Crippen molar-refractivity contribution in [1.82, 2.24) is 9.97 Å². The van der Waals surface area contributed by atoms with Crippen molar-refractivity contribution < 1.29 is 9.53 Å². The summed E-state index contributed by atoms with van der Waals surface area (Å²) in [5.41, 5.74) is 2.62. The van der Waals surface area contributed by atoms with E-state index < -0.39 is 0 Å². The summed E-state index contributed by atoms with van der Waals surface area (Å²) in [5, 5.41) is 5.96. The summed E-state index contributed by atoms with van der Waals surface area (Å²) in [7, 11) is 0. The van der Waals surface area contributed by atoms with Gasteiger partial charge >= 0.3 is 0 Å². The molecule has 2 heterocycles. The topological polar surface area (TPSA) is 79.4 Å². The fraction of sp³-hybridized carbons (Fsp3) is 0.190. The van der Waals surface area contributed by atoms with E-state index >= 15 is 0 Å². The van der Waals surface area contributed by atoms with E-state index in [1.807, 2.05) is 30.3 Å². The van der Waals surface area contributed by atoms with Crippen LogP contribution < -0.4 is 15.5 Å². The second-order valence-electron chi connectivity index (χ2n) is 6.36. The number of nitrogens with one attached hydrogen (secondary N) is 2. The Bertz CT molecular complexity index is 925. The maximum Gasteiger partial charge on any atom is 0.256 e. The molecule has 142 valence electrons. The van der Waals surface area contributed by atoms with E-state index in [0.717, 1.165) is 32.0 Å². The lowest BCUT2D eigenvalue weighted by atomic mass is 10.2. The molecular weight excluding hydrogens is 354 g/mol. The molecule has 28 heavy (non-hydrogen) atoms. The van der Waals surface area contributed by atoms with Crippen LogP contribution in [0, 0.1) is 0 Å². The largest absolute Gasteiger partial charge is 0.378 e. The summed E-state index contributed by atoms with van der Waals surface area (Å²) in [5.74, 6) is 0.654. The first-order valence-electron chi connectivity index (χ1n) is 9.17. The number of hydrogen-bond acceptors (Lipinski definition) is 6. The van der Waals surface area contributed by atoms with Gasteiger partial charge in [0, 0.05) is 36.2 Å². The van der Waals surface area contributed by atoms with Crippen molar-refractivity contribution in [1.29, 1.82) is 0 Å². The second kappa shape index (κ2) is 8.49. The third kappa shape index (κ3) is 4.44. The molecule has 0 unspecified atom stereocenters. The lowest BCUT2D eigenvalue weighted by Gasteiger charge is -2.28. The number of amides is 1. The number of hydrogen-bond donors (Lipinski definition) is 2. The van der Waals surface area contributed by atoms with Gasteiger partial charge in [0.25, 0.3) is 5.91 Å². The van der Waals surface area contributed by atoms with Crippen molar-refractivity contribution in [2.45, 2.75) is 0 Å². The quantitative estimate of drug-likeness (QED) is 0.712. The molecule has 1 fully saturated rings. The summed E-state index contributed by atoms with van der Waals surface area (Å²) in [4.78, 5) is 23.2. The van der Waals surface area contributed by atoms with E-state index in [0.29, 0.717) is 17.3 Å². The molecule has 0 saturated carbocycles. The molecule has 7 nitrogen and oxygen atoms in total. The molecule has 2 aromatic carbocycles. The van der Waals surface area contributed by atoms with Gasteiger partial charge in [0.05, 0.1) is 13.2 Å². The number of rotatable bonds is 5. The minimum atomic E-state index is -0.208. The number of nitrogens with zero attached hydrogens (tertiary/aromatic N) is 3. The lowest BCUT2D eigenvalue weighted by Crippen LogP contribution is -2.36. The molecule has 4 rings (SSSR count). The van der Waals surface area contributed by atoms with Gasteiger partial charge in [-0.2, -0.15) is 4.98 Å². The van der Waals surface area contributed by atoms with E-state index in [1.165, 1.54) is 5.69 Å². The predicted octanol–water partition coefficient (Wildman–Crippen LogP) is 3.31. The second-order valence-corrected chi connectivity index (χ2v) is 6.36. The number of carbonyl (C=O) groups is 1. The van der Waals surface area contributed by atoms with Crippen LogP contribution in [0.2, 0.25) is 0 Å². The Balaban J connectivity index is 1.41. The normalized spacial score (nSPS) is 13.8. The molecule has 2 N–H and O–H groups in total. The Morgan fingerprint density at radius 3 is 2.46 bits per heavy atom. The van der Waals surface area contributed by atoms with E-state index in [4.69, 9.17) is 4.74 Å². The fourth-order valence-electron chi connectivity index (χ4n) is 2.97. The van der Waals surface area contributed by atoms with Gasteiger partial charge in [-0.1, -0.05) is 18.2 Å². The molecular formula is C21H21N5O2. The van der Waals surface area contributed by atoms with Crippen molar-refractivity contribution in [3.63, 3.8) is 0 Å². The highest BCUT2D eigenvalue weighted by atomic mass is 16.5. The van der Waals surface area contributed by atoms with Crippen LogP contribution in [0.15, 0.2) is 66.9 Å². The molecule has 0 bridgehead atoms. The molecule has 7 heteroatoms. The first-order chi connectivity index (χ1) is 13.8. The molecule has 0 spiro atoms. The summed E-state index contributed by atoms with van der Waals surface area (Å²) in [6, 6.07) is 18.8. The molecule has 1 saturated heterocycles. The van der Waals surface area contributed by atoms with Crippen molar-refractivity contribution in [2.75, 3.05) is 41.8 Å². The zero-order valence-electron chi connectivity index (χ0n) is 15.3. The van der Waals surface area contributed by atoms with Gasteiger partial charge in [0.15, 0.2) is 0 Å². The Morgan fingerprint density at radius 1 is 0.964 bits per heavy atom. The summed E-state index contributed by atoms with van der Waals surface area (Å²) in [6.07, 6.45) is 1.61. The predicted molar refractivity (Wildman–Crippen MR) is 109 cm³/mol. The summed E-state index contributed by atoms with van der Waals surface area (Å²) < 4.78 is 5.39. The fourth-order valence-corrected chi connectivity index (χ4v) is 2.97. The lowest BCUT2D eigenvalue weighted by molar-refractivity contribution is 0.102. The molecule has 3 aromatic rings. The van der Waals surface area contributed by atoms with Crippen LogP contribution in [0.25, 0.3) is 0 Å². The average Bonchev–Trinajstić information content (AvgIpc) is 2.76. The van der Waals surface area contributed by atoms with Crippen LogP contribution in [0.4, 0.5) is 23.1 Å². The minimum absolute atomic E-state index is 0.208. The molecule has 0 radical (unpaired) electrons. The highest BCUT2D eigenvalue weighted by Gasteiger charge is 2.11. The van der Waals surface area contributed by atoms with Gasteiger partial charge in [0.1, 0.15) is 5.82 Å². The number of carbonyl (C=O) groups excluding carboxylic acids is 1. The van der Waals surface area contributed by atoms with Crippen LogP contribution in [-0.2, 0) is 4.74 Å². The zero-order chi connectivity index (χ0) is 19.2. The smallest absolute Gasteiger partial charge is 0.256 e. The van der Waals surface area contributed by atoms with Crippen molar-refractivity contribution in [3.8, 4) is 0 Å². The highest BCUT2D eigenvalue weighted by molar-refractivity contribution is 6.03. The van der Waals surface area contributed by atoms with Gasteiger partial charge in [-0.25, -0.2) is 4.98 Å². The Morgan fingerprint density at radius 2 is 1.71 bits per heavy atom. The third-order valence-corrected chi connectivity index (χ3v) is 4.43. The summed E-state index contributed by atoms with van der Waals surface area (Å²) in [6.45, 7) is 3.32. The van der Waals surface area contributed by atoms with E-state index in [-0.39, 0.29) is 5.91 Å². The molecule has 1 aromatic heterocycles. The van der Waals surface area contributed by atoms with Crippen LogP contribution >= 0.6 is 0 Å². The molecule has 1 aliphatic rings. The number of aromatic nitrogens is 2. The van der Waals surface area contributed by atoms with Gasteiger partial charge < -0.3 is 20.3 Å². The van der Waals surface area contributed by atoms with Gasteiger partial charge in [-0.05, 0) is 42.5 Å². The van der Waals surface area contributed by atoms with Gasteiger partial charge in [-0.3, -0.25) is 4.79 Å². The Kier molecular flexibility index (Phi) is 5.44. The minimum Gasteiger partial charge on any atom is -0.378 e.